The van der Waals surface area contributed by atoms with Crippen molar-refractivity contribution in [1.82, 2.24) is 15.4 Å². The molecule has 5 rings (SSSR count). The average Bonchev–Trinajstić information content (AvgIpc) is 3.45. The molecule has 0 saturated carbocycles. The SMILES string of the molecule is O=C(Cc1noc2ccccc12)Nc1ccc(-c2ccc(N3CCCC3)nn2)cc1. The van der Waals surface area contributed by atoms with E-state index in [2.05, 4.69) is 25.6 Å². The van der Waals surface area contributed by atoms with Gasteiger partial charge in [-0.1, -0.05) is 29.4 Å². The molecule has 1 saturated heterocycles. The van der Waals surface area contributed by atoms with Gasteiger partial charge in [-0.05, 0) is 49.2 Å². The van der Waals surface area contributed by atoms with Crippen molar-refractivity contribution in [2.75, 3.05) is 23.3 Å². The Morgan fingerprint density at radius 3 is 2.53 bits per heavy atom. The van der Waals surface area contributed by atoms with Crippen molar-refractivity contribution < 1.29 is 9.32 Å². The summed E-state index contributed by atoms with van der Waals surface area (Å²) in [5.74, 6) is 0.789. The molecule has 1 N–H and O–H groups in total. The summed E-state index contributed by atoms with van der Waals surface area (Å²) in [6.45, 7) is 2.10. The van der Waals surface area contributed by atoms with Crippen molar-refractivity contribution >= 4 is 28.4 Å². The molecule has 0 bridgehead atoms. The van der Waals surface area contributed by atoms with Gasteiger partial charge in [-0.3, -0.25) is 4.79 Å². The Morgan fingerprint density at radius 1 is 0.967 bits per heavy atom. The van der Waals surface area contributed by atoms with Gasteiger partial charge >= 0.3 is 0 Å². The summed E-state index contributed by atoms with van der Waals surface area (Å²) in [6.07, 6.45) is 2.58. The third kappa shape index (κ3) is 3.74. The third-order valence-electron chi connectivity index (χ3n) is 5.33. The number of nitrogens with one attached hydrogen (secondary N) is 1. The molecule has 0 aliphatic carbocycles. The van der Waals surface area contributed by atoms with Gasteiger partial charge in [0.1, 0.15) is 5.69 Å². The second-order valence-electron chi connectivity index (χ2n) is 7.40. The normalized spacial score (nSPS) is 13.7. The van der Waals surface area contributed by atoms with Gasteiger partial charge in [-0.15, -0.1) is 10.2 Å². The molecule has 0 unspecified atom stereocenters. The summed E-state index contributed by atoms with van der Waals surface area (Å²) in [4.78, 5) is 14.7. The van der Waals surface area contributed by atoms with Crippen LogP contribution in [0.2, 0.25) is 0 Å². The topological polar surface area (TPSA) is 84.2 Å². The minimum absolute atomic E-state index is 0.142. The number of anilines is 2. The first-order valence-electron chi connectivity index (χ1n) is 10.1. The molecule has 2 aromatic carbocycles. The van der Waals surface area contributed by atoms with Crippen LogP contribution in [0.4, 0.5) is 11.5 Å². The molecule has 3 heterocycles. The minimum Gasteiger partial charge on any atom is -0.356 e. The Balaban J connectivity index is 1.24. The fourth-order valence-electron chi connectivity index (χ4n) is 3.74. The molecule has 1 fully saturated rings. The Kier molecular flexibility index (Phi) is 4.85. The van der Waals surface area contributed by atoms with Crippen molar-refractivity contribution in [3.63, 3.8) is 0 Å². The van der Waals surface area contributed by atoms with Crippen LogP contribution in [-0.4, -0.2) is 34.4 Å². The molecule has 7 heteroatoms. The highest BCUT2D eigenvalue weighted by molar-refractivity contribution is 5.94. The Labute approximate surface area is 173 Å². The fourth-order valence-corrected chi connectivity index (χ4v) is 3.74. The highest BCUT2D eigenvalue weighted by atomic mass is 16.5. The predicted octanol–water partition coefficient (Wildman–Crippen LogP) is 4.07. The maximum Gasteiger partial charge on any atom is 0.230 e. The van der Waals surface area contributed by atoms with Crippen molar-refractivity contribution in [3.8, 4) is 11.3 Å². The molecule has 1 aliphatic heterocycles. The lowest BCUT2D eigenvalue weighted by Crippen LogP contribution is -2.19. The summed E-state index contributed by atoms with van der Waals surface area (Å²) >= 11 is 0. The number of hydrogen-bond acceptors (Lipinski definition) is 6. The van der Waals surface area contributed by atoms with E-state index in [1.165, 1.54) is 12.8 Å². The van der Waals surface area contributed by atoms with E-state index >= 15 is 0 Å². The Morgan fingerprint density at radius 2 is 1.77 bits per heavy atom. The van der Waals surface area contributed by atoms with E-state index < -0.39 is 0 Å². The lowest BCUT2D eigenvalue weighted by Gasteiger charge is -2.15. The fraction of sp³-hybridized carbons (Fsp3) is 0.217. The standard InChI is InChI=1S/C23H21N5O2/c29-23(15-20-18-5-1-2-6-21(18)30-27-20)24-17-9-7-16(8-10-17)19-11-12-22(26-25-19)28-13-3-4-14-28/h1-2,5-12H,3-4,13-15H2,(H,24,29). The smallest absolute Gasteiger partial charge is 0.230 e. The van der Waals surface area contributed by atoms with E-state index in [-0.39, 0.29) is 12.3 Å². The van der Waals surface area contributed by atoms with Crippen molar-refractivity contribution in [2.45, 2.75) is 19.3 Å². The number of carbonyl (C=O) groups is 1. The number of benzene rings is 2. The minimum atomic E-state index is -0.142. The lowest BCUT2D eigenvalue weighted by atomic mass is 10.1. The number of amides is 1. The monoisotopic (exact) mass is 399 g/mol. The quantitative estimate of drug-likeness (QED) is 0.545. The van der Waals surface area contributed by atoms with Crippen molar-refractivity contribution in [3.05, 3.63) is 66.4 Å². The van der Waals surface area contributed by atoms with Crippen LogP contribution in [0.3, 0.4) is 0 Å². The third-order valence-corrected chi connectivity index (χ3v) is 5.33. The van der Waals surface area contributed by atoms with Crippen LogP contribution >= 0.6 is 0 Å². The first-order valence-corrected chi connectivity index (χ1v) is 10.1. The van der Waals surface area contributed by atoms with Crippen LogP contribution in [0.5, 0.6) is 0 Å². The van der Waals surface area contributed by atoms with Crippen molar-refractivity contribution in [1.29, 1.82) is 0 Å². The summed E-state index contributed by atoms with van der Waals surface area (Å²) in [7, 11) is 0. The van der Waals surface area contributed by atoms with E-state index in [0.29, 0.717) is 11.3 Å². The molecule has 0 spiro atoms. The van der Waals surface area contributed by atoms with Crippen LogP contribution in [0, 0.1) is 0 Å². The number of hydrogen-bond donors (Lipinski definition) is 1. The number of aromatic nitrogens is 3. The zero-order valence-corrected chi connectivity index (χ0v) is 16.4. The van der Waals surface area contributed by atoms with Gasteiger partial charge in [-0.2, -0.15) is 0 Å². The molecule has 0 radical (unpaired) electrons. The molecule has 2 aromatic heterocycles. The maximum absolute atomic E-state index is 12.4. The van der Waals surface area contributed by atoms with Crippen molar-refractivity contribution in [2.24, 2.45) is 0 Å². The number of para-hydroxylation sites is 1. The highest BCUT2D eigenvalue weighted by Gasteiger charge is 2.14. The molecular formula is C23H21N5O2. The number of rotatable bonds is 5. The predicted molar refractivity (Wildman–Crippen MR) is 115 cm³/mol. The van der Waals surface area contributed by atoms with Crippen LogP contribution in [0.25, 0.3) is 22.2 Å². The summed E-state index contributed by atoms with van der Waals surface area (Å²) in [6, 6.07) is 19.1. The number of nitrogens with zero attached hydrogens (tertiary/aromatic N) is 4. The molecule has 1 aliphatic rings. The van der Waals surface area contributed by atoms with Crippen LogP contribution in [0.15, 0.2) is 65.2 Å². The first kappa shape index (κ1) is 18.3. The van der Waals surface area contributed by atoms with E-state index in [0.717, 1.165) is 41.2 Å². The van der Waals surface area contributed by atoms with Gasteiger partial charge in [0.2, 0.25) is 5.91 Å². The maximum atomic E-state index is 12.4. The summed E-state index contributed by atoms with van der Waals surface area (Å²) in [5, 5.41) is 16.5. The van der Waals surface area contributed by atoms with Crippen LogP contribution in [-0.2, 0) is 11.2 Å². The highest BCUT2D eigenvalue weighted by Crippen LogP contribution is 2.23. The Hall–Kier alpha value is -3.74. The molecule has 150 valence electrons. The lowest BCUT2D eigenvalue weighted by molar-refractivity contribution is -0.115. The van der Waals surface area contributed by atoms with Gasteiger partial charge in [0.05, 0.1) is 12.1 Å². The number of fused-ring (bicyclic) bond motifs is 1. The largest absolute Gasteiger partial charge is 0.356 e. The van der Waals surface area contributed by atoms with Gasteiger partial charge in [0, 0.05) is 29.7 Å². The Bertz CT molecular complexity index is 1160. The first-order chi connectivity index (χ1) is 14.8. The van der Waals surface area contributed by atoms with E-state index in [4.69, 9.17) is 4.52 Å². The van der Waals surface area contributed by atoms with Gasteiger partial charge < -0.3 is 14.7 Å². The summed E-state index contributed by atoms with van der Waals surface area (Å²) < 4.78 is 5.26. The van der Waals surface area contributed by atoms with Crippen LogP contribution in [0.1, 0.15) is 18.5 Å². The van der Waals surface area contributed by atoms with Crippen LogP contribution < -0.4 is 10.2 Å². The van der Waals surface area contributed by atoms with Gasteiger partial charge in [0.25, 0.3) is 0 Å². The zero-order chi connectivity index (χ0) is 20.3. The van der Waals surface area contributed by atoms with E-state index in [1.807, 2.05) is 60.7 Å². The summed E-state index contributed by atoms with van der Waals surface area (Å²) in [5.41, 5.74) is 3.80. The van der Waals surface area contributed by atoms with E-state index in [9.17, 15) is 4.79 Å². The molecular weight excluding hydrogens is 378 g/mol. The molecule has 0 atom stereocenters. The molecule has 7 nitrogen and oxygen atoms in total. The second-order valence-corrected chi connectivity index (χ2v) is 7.40. The second kappa shape index (κ2) is 7.94. The number of carbonyl (C=O) groups excluding carboxylic acids is 1. The zero-order valence-electron chi connectivity index (χ0n) is 16.4. The van der Waals surface area contributed by atoms with Gasteiger partial charge in [0.15, 0.2) is 11.4 Å². The molecule has 1 amide bonds. The molecule has 30 heavy (non-hydrogen) atoms. The average molecular weight is 399 g/mol. The molecule has 4 aromatic rings. The van der Waals surface area contributed by atoms with E-state index in [1.54, 1.807) is 0 Å². The van der Waals surface area contributed by atoms with Gasteiger partial charge in [-0.25, -0.2) is 0 Å².